The minimum Gasteiger partial charge on any atom is -0.480 e. The molecular weight excluding hydrogens is 502 g/mol. The fraction of sp³-hybridized carbons (Fsp3) is 0.286. The quantitative estimate of drug-likeness (QED) is 0.383. The SMILES string of the molecule is COc1nc(F)c(-c2nn3c(CN4CCOCC4)cnc3s2)c(F)c1-c1ccccc1S(N)(=O)=O. The number of nitrogens with zero attached hydrogens (tertiary/aromatic N) is 5. The molecule has 4 aromatic rings. The molecule has 0 radical (unpaired) electrons. The fourth-order valence-corrected chi connectivity index (χ4v) is 5.59. The monoisotopic (exact) mass is 522 g/mol. The number of hydrogen-bond acceptors (Lipinski definition) is 9. The molecule has 5 rings (SSSR count). The van der Waals surface area contributed by atoms with Crippen LogP contribution in [-0.2, 0) is 21.3 Å². The number of primary sulfonamides is 1. The molecule has 1 aliphatic rings. The molecule has 0 spiro atoms. The maximum Gasteiger partial charge on any atom is 0.238 e. The van der Waals surface area contributed by atoms with Gasteiger partial charge in [-0.15, -0.1) is 0 Å². The first-order valence-corrected chi connectivity index (χ1v) is 12.8. The Bertz CT molecular complexity index is 1520. The maximum atomic E-state index is 15.9. The Kier molecular flexibility index (Phi) is 6.23. The normalized spacial score (nSPS) is 15.1. The van der Waals surface area contributed by atoms with Crippen LogP contribution in [0.1, 0.15) is 5.69 Å². The highest BCUT2D eigenvalue weighted by molar-refractivity contribution is 7.89. The molecule has 1 aliphatic heterocycles. The molecule has 0 aliphatic carbocycles. The van der Waals surface area contributed by atoms with Crippen molar-refractivity contribution in [3.05, 3.63) is 47.9 Å². The van der Waals surface area contributed by atoms with Crippen LogP contribution in [0.3, 0.4) is 0 Å². The van der Waals surface area contributed by atoms with Crippen LogP contribution in [0, 0.1) is 11.8 Å². The van der Waals surface area contributed by atoms with Crippen molar-refractivity contribution in [2.75, 3.05) is 33.4 Å². The van der Waals surface area contributed by atoms with Gasteiger partial charge in [-0.05, 0) is 6.07 Å². The molecule has 0 atom stereocenters. The number of morpholine rings is 1. The first-order chi connectivity index (χ1) is 16.8. The average molecular weight is 523 g/mol. The number of hydrogen-bond donors (Lipinski definition) is 1. The zero-order valence-electron chi connectivity index (χ0n) is 18.4. The summed E-state index contributed by atoms with van der Waals surface area (Å²) in [6.45, 7) is 3.31. The van der Waals surface area contributed by atoms with Crippen molar-refractivity contribution in [1.82, 2.24) is 24.5 Å². The summed E-state index contributed by atoms with van der Waals surface area (Å²) in [5, 5.41) is 9.73. The van der Waals surface area contributed by atoms with Gasteiger partial charge in [0.15, 0.2) is 10.8 Å². The first-order valence-electron chi connectivity index (χ1n) is 10.5. The third kappa shape index (κ3) is 4.38. The molecule has 0 unspecified atom stereocenters. The lowest BCUT2D eigenvalue weighted by Crippen LogP contribution is -2.36. The summed E-state index contributed by atoms with van der Waals surface area (Å²) < 4.78 is 67.3. The highest BCUT2D eigenvalue weighted by Gasteiger charge is 2.29. The third-order valence-corrected chi connectivity index (χ3v) is 7.48. The van der Waals surface area contributed by atoms with Crippen LogP contribution >= 0.6 is 11.3 Å². The lowest BCUT2D eigenvalue weighted by Gasteiger charge is -2.25. The van der Waals surface area contributed by atoms with E-state index in [0.29, 0.717) is 24.7 Å². The molecule has 1 saturated heterocycles. The van der Waals surface area contributed by atoms with Gasteiger partial charge in [0.1, 0.15) is 5.56 Å². The zero-order valence-corrected chi connectivity index (χ0v) is 20.1. The Hall–Kier alpha value is -3.04. The second-order valence-electron chi connectivity index (χ2n) is 7.76. The Morgan fingerprint density at radius 1 is 1.20 bits per heavy atom. The lowest BCUT2D eigenvalue weighted by atomic mass is 10.0. The van der Waals surface area contributed by atoms with E-state index in [1.54, 1.807) is 6.20 Å². The van der Waals surface area contributed by atoms with Crippen molar-refractivity contribution in [3.8, 4) is 27.6 Å². The van der Waals surface area contributed by atoms with Crippen molar-refractivity contribution < 1.29 is 26.7 Å². The van der Waals surface area contributed by atoms with Gasteiger partial charge in [0.05, 0.1) is 42.7 Å². The van der Waals surface area contributed by atoms with Gasteiger partial charge in [0.25, 0.3) is 0 Å². The number of methoxy groups -OCH3 is 1. The number of sulfonamides is 1. The van der Waals surface area contributed by atoms with E-state index in [4.69, 9.17) is 14.6 Å². The number of fused-ring (bicyclic) bond motifs is 1. The molecule has 10 nitrogen and oxygen atoms in total. The van der Waals surface area contributed by atoms with Crippen LogP contribution in [0.25, 0.3) is 26.7 Å². The zero-order chi connectivity index (χ0) is 24.7. The van der Waals surface area contributed by atoms with E-state index < -0.39 is 33.2 Å². The van der Waals surface area contributed by atoms with E-state index >= 15 is 8.78 Å². The van der Waals surface area contributed by atoms with Crippen LogP contribution in [0.2, 0.25) is 0 Å². The molecule has 0 bridgehead atoms. The maximum absolute atomic E-state index is 15.9. The molecule has 3 aromatic heterocycles. The van der Waals surface area contributed by atoms with Gasteiger partial charge in [-0.25, -0.2) is 27.4 Å². The molecule has 2 N–H and O–H groups in total. The second kappa shape index (κ2) is 9.20. The van der Waals surface area contributed by atoms with Crippen molar-refractivity contribution in [2.24, 2.45) is 5.14 Å². The van der Waals surface area contributed by atoms with Gasteiger partial charge in [-0.2, -0.15) is 14.5 Å². The number of aromatic nitrogens is 4. The molecule has 1 aromatic carbocycles. The number of rotatable bonds is 6. The molecule has 0 amide bonds. The van der Waals surface area contributed by atoms with Crippen LogP contribution in [-0.4, -0.2) is 66.3 Å². The largest absolute Gasteiger partial charge is 0.480 e. The Morgan fingerprint density at radius 3 is 2.66 bits per heavy atom. The van der Waals surface area contributed by atoms with Crippen LogP contribution in [0.4, 0.5) is 8.78 Å². The van der Waals surface area contributed by atoms with Crippen molar-refractivity contribution in [1.29, 1.82) is 0 Å². The number of benzene rings is 1. The molecule has 4 heterocycles. The van der Waals surface area contributed by atoms with E-state index in [0.717, 1.165) is 30.1 Å². The smallest absolute Gasteiger partial charge is 0.238 e. The average Bonchev–Trinajstić information content (AvgIpc) is 3.40. The van der Waals surface area contributed by atoms with E-state index in [-0.39, 0.29) is 21.0 Å². The Morgan fingerprint density at radius 2 is 1.94 bits per heavy atom. The van der Waals surface area contributed by atoms with Crippen LogP contribution in [0.5, 0.6) is 5.88 Å². The summed E-state index contributed by atoms with van der Waals surface area (Å²) in [4.78, 5) is 10.3. The van der Waals surface area contributed by atoms with Gasteiger partial charge >= 0.3 is 0 Å². The summed E-state index contributed by atoms with van der Waals surface area (Å²) in [7, 11) is -3.05. The summed E-state index contributed by atoms with van der Waals surface area (Å²) in [5.74, 6) is -2.64. The van der Waals surface area contributed by atoms with E-state index in [1.807, 2.05) is 0 Å². The van der Waals surface area contributed by atoms with Crippen molar-refractivity contribution >= 4 is 26.3 Å². The van der Waals surface area contributed by atoms with Crippen LogP contribution in [0.15, 0.2) is 35.4 Å². The molecule has 1 fully saturated rings. The van der Waals surface area contributed by atoms with E-state index in [2.05, 4.69) is 20.0 Å². The topological polar surface area (TPSA) is 125 Å². The predicted molar refractivity (Wildman–Crippen MR) is 123 cm³/mol. The summed E-state index contributed by atoms with van der Waals surface area (Å²) in [6, 6.07) is 5.51. The van der Waals surface area contributed by atoms with Gasteiger partial charge in [0, 0.05) is 25.2 Å². The molecule has 184 valence electrons. The van der Waals surface area contributed by atoms with Gasteiger partial charge < -0.3 is 9.47 Å². The van der Waals surface area contributed by atoms with Crippen molar-refractivity contribution in [2.45, 2.75) is 11.4 Å². The Labute approximate surface area is 203 Å². The minimum atomic E-state index is -4.23. The third-order valence-electron chi connectivity index (χ3n) is 5.57. The highest BCUT2D eigenvalue weighted by atomic mass is 32.2. The number of nitrogens with two attached hydrogens (primary N) is 1. The molecule has 35 heavy (non-hydrogen) atoms. The number of ether oxygens (including phenoxy) is 2. The molecule has 0 saturated carbocycles. The van der Waals surface area contributed by atoms with Crippen molar-refractivity contribution in [3.63, 3.8) is 0 Å². The lowest BCUT2D eigenvalue weighted by molar-refractivity contribution is 0.0334. The molecule has 14 heteroatoms. The summed E-state index contributed by atoms with van der Waals surface area (Å²) in [5.41, 5.74) is -0.202. The second-order valence-corrected chi connectivity index (χ2v) is 10.2. The highest BCUT2D eigenvalue weighted by Crippen LogP contribution is 2.41. The van der Waals surface area contributed by atoms with Gasteiger partial charge in [-0.1, -0.05) is 29.5 Å². The van der Waals surface area contributed by atoms with Crippen LogP contribution < -0.4 is 9.88 Å². The summed E-state index contributed by atoms with van der Waals surface area (Å²) in [6.07, 6.45) is 1.67. The number of imidazole rings is 1. The van der Waals surface area contributed by atoms with Gasteiger partial charge in [0.2, 0.25) is 26.8 Å². The minimum absolute atomic E-state index is 0.00387. The standard InChI is InChI=1S/C21H20F2N6O4S2/c1-32-19-15(13-4-2-3-5-14(13)35(24,30)31)17(22)16(18(23)26-19)20-27-29-12(10-25-21(29)34-20)11-28-6-8-33-9-7-28/h2-5,10H,6-9,11H2,1H3,(H2,24,30,31). The molecular formula is C21H20F2N6O4S2. The summed E-state index contributed by atoms with van der Waals surface area (Å²) >= 11 is 0.982. The first kappa shape index (κ1) is 23.7. The van der Waals surface area contributed by atoms with E-state index in [9.17, 15) is 8.42 Å². The Balaban J connectivity index is 1.64. The van der Waals surface area contributed by atoms with Gasteiger partial charge in [-0.3, -0.25) is 4.90 Å². The number of halogens is 2. The number of pyridine rings is 1. The fourth-order valence-electron chi connectivity index (χ4n) is 3.93. The van der Waals surface area contributed by atoms with E-state index in [1.165, 1.54) is 35.9 Å². The predicted octanol–water partition coefficient (Wildman–Crippen LogP) is 2.29.